The summed E-state index contributed by atoms with van der Waals surface area (Å²) in [5, 5.41) is 2.44. The first kappa shape index (κ1) is 20.3. The molecule has 1 aromatic rings. The lowest BCUT2D eigenvalue weighted by atomic mass is 10.2. The molecule has 9 heteroatoms. The maximum atomic E-state index is 13.8. The predicted octanol–water partition coefficient (Wildman–Crippen LogP) is 3.24. The molecule has 2 heterocycles. The van der Waals surface area contributed by atoms with Gasteiger partial charge in [-0.2, -0.15) is 4.99 Å². The molecule has 1 fully saturated rings. The summed E-state index contributed by atoms with van der Waals surface area (Å²) in [4.78, 5) is 30.5. The molecule has 0 aliphatic carbocycles. The number of thioether (sulfide) groups is 1. The van der Waals surface area contributed by atoms with Crippen LogP contribution in [0.3, 0.4) is 0 Å². The van der Waals surface area contributed by atoms with Crippen LogP contribution in [0, 0.1) is 5.82 Å². The van der Waals surface area contributed by atoms with E-state index in [9.17, 15) is 14.0 Å². The summed E-state index contributed by atoms with van der Waals surface area (Å²) >= 11 is 1.22. The molecule has 0 atom stereocenters. The molecule has 1 N–H and O–H groups in total. The maximum Gasteiger partial charge on any atom is 0.415 e. The molecule has 0 unspecified atom stereocenters. The van der Waals surface area contributed by atoms with Crippen LogP contribution in [-0.2, 0) is 4.79 Å². The van der Waals surface area contributed by atoms with Crippen LogP contribution >= 0.6 is 11.8 Å². The van der Waals surface area contributed by atoms with E-state index >= 15 is 0 Å². The quantitative estimate of drug-likeness (QED) is 0.774. The van der Waals surface area contributed by atoms with Crippen molar-refractivity contribution >= 4 is 35.0 Å². The minimum Gasteiger partial charge on any atom is -0.410 e. The minimum absolute atomic E-state index is 0.198. The SMILES string of the molecule is CCN(CC)C(=O)Oc1ccc(F)cc1/C=C1\SC(N2CCCCN2)=NC1=O. The average molecular weight is 406 g/mol. The molecule has 2 aliphatic heterocycles. The van der Waals surface area contributed by atoms with E-state index in [2.05, 4.69) is 10.4 Å². The van der Waals surface area contributed by atoms with Gasteiger partial charge in [0.05, 0.1) is 4.91 Å². The molecule has 0 aromatic heterocycles. The molecular formula is C19H23FN4O3S. The van der Waals surface area contributed by atoms with Gasteiger partial charge in [0.15, 0.2) is 5.17 Å². The summed E-state index contributed by atoms with van der Waals surface area (Å²) < 4.78 is 19.2. The van der Waals surface area contributed by atoms with Crippen LogP contribution < -0.4 is 10.2 Å². The predicted molar refractivity (Wildman–Crippen MR) is 107 cm³/mol. The van der Waals surface area contributed by atoms with Gasteiger partial charge < -0.3 is 9.64 Å². The first-order chi connectivity index (χ1) is 13.5. The number of nitrogens with one attached hydrogen (secondary N) is 1. The third-order valence-electron chi connectivity index (χ3n) is 4.43. The Morgan fingerprint density at radius 2 is 2.18 bits per heavy atom. The van der Waals surface area contributed by atoms with Gasteiger partial charge in [0.25, 0.3) is 5.91 Å². The van der Waals surface area contributed by atoms with E-state index in [1.165, 1.54) is 40.9 Å². The van der Waals surface area contributed by atoms with Gasteiger partial charge in [-0.05, 0) is 62.7 Å². The van der Waals surface area contributed by atoms with Crippen LogP contribution in [-0.4, -0.2) is 53.3 Å². The fraction of sp³-hybridized carbons (Fsp3) is 0.421. The largest absolute Gasteiger partial charge is 0.415 e. The van der Waals surface area contributed by atoms with Gasteiger partial charge >= 0.3 is 6.09 Å². The zero-order chi connectivity index (χ0) is 20.1. The number of benzene rings is 1. The van der Waals surface area contributed by atoms with E-state index in [0.717, 1.165) is 25.9 Å². The van der Waals surface area contributed by atoms with Crippen LogP contribution in [0.15, 0.2) is 28.1 Å². The highest BCUT2D eigenvalue weighted by molar-refractivity contribution is 8.18. The van der Waals surface area contributed by atoms with Gasteiger partial charge in [-0.25, -0.2) is 14.6 Å². The molecule has 0 saturated carbocycles. The molecule has 2 amide bonds. The van der Waals surface area contributed by atoms with Gasteiger partial charge in [-0.15, -0.1) is 0 Å². The molecule has 7 nitrogen and oxygen atoms in total. The zero-order valence-electron chi connectivity index (χ0n) is 15.9. The zero-order valence-corrected chi connectivity index (χ0v) is 16.7. The monoisotopic (exact) mass is 406 g/mol. The number of carbonyl (C=O) groups excluding carboxylic acids is 2. The molecule has 0 bridgehead atoms. The second kappa shape index (κ2) is 9.20. The Kier molecular flexibility index (Phi) is 6.69. The molecule has 28 heavy (non-hydrogen) atoms. The van der Waals surface area contributed by atoms with Crippen molar-refractivity contribution in [1.82, 2.24) is 15.3 Å². The van der Waals surface area contributed by atoms with Crippen molar-refractivity contribution in [3.8, 4) is 5.75 Å². The van der Waals surface area contributed by atoms with E-state index in [-0.39, 0.29) is 5.75 Å². The fourth-order valence-corrected chi connectivity index (χ4v) is 3.78. The van der Waals surface area contributed by atoms with Crippen molar-refractivity contribution < 1.29 is 18.7 Å². The third-order valence-corrected chi connectivity index (χ3v) is 5.44. The van der Waals surface area contributed by atoms with Crippen molar-refractivity contribution in [1.29, 1.82) is 0 Å². The van der Waals surface area contributed by atoms with Crippen LogP contribution in [0.2, 0.25) is 0 Å². The lowest BCUT2D eigenvalue weighted by Gasteiger charge is -2.28. The Morgan fingerprint density at radius 1 is 1.39 bits per heavy atom. The number of hydrogen-bond acceptors (Lipinski definition) is 6. The van der Waals surface area contributed by atoms with Gasteiger partial charge in [0, 0.05) is 31.7 Å². The van der Waals surface area contributed by atoms with E-state index < -0.39 is 17.8 Å². The first-order valence-corrected chi connectivity index (χ1v) is 10.1. The number of ether oxygens (including phenoxy) is 1. The number of rotatable bonds is 4. The number of aliphatic imine (C=N–C) groups is 1. The Hall–Kier alpha value is -2.39. The fourth-order valence-electron chi connectivity index (χ4n) is 2.87. The Bertz CT molecular complexity index is 817. The lowest BCUT2D eigenvalue weighted by molar-refractivity contribution is -0.113. The normalized spacial score (nSPS) is 18.4. The molecular weight excluding hydrogens is 383 g/mol. The number of hydrazine groups is 1. The second-order valence-electron chi connectivity index (χ2n) is 6.30. The summed E-state index contributed by atoms with van der Waals surface area (Å²) in [6.07, 6.45) is 3.10. The van der Waals surface area contributed by atoms with E-state index in [0.29, 0.717) is 28.7 Å². The smallest absolute Gasteiger partial charge is 0.410 e. The second-order valence-corrected chi connectivity index (χ2v) is 7.31. The molecule has 0 radical (unpaired) electrons. The topological polar surface area (TPSA) is 74.2 Å². The summed E-state index contributed by atoms with van der Waals surface area (Å²) in [5.41, 5.74) is 3.52. The molecule has 3 rings (SSSR count). The average Bonchev–Trinajstić information content (AvgIpc) is 3.06. The van der Waals surface area contributed by atoms with E-state index in [4.69, 9.17) is 4.74 Å². The van der Waals surface area contributed by atoms with Crippen LogP contribution in [0.25, 0.3) is 6.08 Å². The standard InChI is InChI=1S/C19H23FN4O3S/c1-3-23(4-2)19(26)27-15-8-7-14(20)11-13(15)12-16-17(25)22-18(28-16)24-10-6-5-9-21-24/h7-8,11-12,21H,3-6,9-10H2,1-2H3/b16-12-. The van der Waals surface area contributed by atoms with Crippen molar-refractivity contribution in [2.24, 2.45) is 4.99 Å². The van der Waals surface area contributed by atoms with Gasteiger partial charge in [-0.1, -0.05) is 0 Å². The molecule has 150 valence electrons. The summed E-state index contributed by atoms with van der Waals surface area (Å²) in [6, 6.07) is 3.85. The number of amides is 2. The van der Waals surface area contributed by atoms with Crippen LogP contribution in [0.5, 0.6) is 5.75 Å². The highest BCUT2D eigenvalue weighted by atomic mass is 32.2. The summed E-state index contributed by atoms with van der Waals surface area (Å²) in [6.45, 7) is 6.31. The highest BCUT2D eigenvalue weighted by Crippen LogP contribution is 2.33. The van der Waals surface area contributed by atoms with Gasteiger partial charge in [-0.3, -0.25) is 9.80 Å². The van der Waals surface area contributed by atoms with Gasteiger partial charge in [0.1, 0.15) is 11.6 Å². The molecule has 2 aliphatic rings. The summed E-state index contributed by atoms with van der Waals surface area (Å²) in [7, 11) is 0. The van der Waals surface area contributed by atoms with E-state index in [1.54, 1.807) is 0 Å². The number of halogens is 1. The Labute approximate surface area is 167 Å². The molecule has 0 spiro atoms. The van der Waals surface area contributed by atoms with Crippen LogP contribution in [0.1, 0.15) is 32.3 Å². The maximum absolute atomic E-state index is 13.8. The Morgan fingerprint density at radius 3 is 2.86 bits per heavy atom. The molecule has 1 saturated heterocycles. The number of hydrogen-bond donors (Lipinski definition) is 1. The van der Waals surface area contributed by atoms with Crippen molar-refractivity contribution in [3.05, 3.63) is 34.5 Å². The Balaban J connectivity index is 1.80. The lowest BCUT2D eigenvalue weighted by Crippen LogP contribution is -2.45. The van der Waals surface area contributed by atoms with Crippen molar-refractivity contribution in [3.63, 3.8) is 0 Å². The third kappa shape index (κ3) is 4.71. The highest BCUT2D eigenvalue weighted by Gasteiger charge is 2.27. The molecule has 1 aromatic carbocycles. The van der Waals surface area contributed by atoms with Crippen molar-refractivity contribution in [2.45, 2.75) is 26.7 Å². The number of amidine groups is 1. The number of carbonyl (C=O) groups is 2. The van der Waals surface area contributed by atoms with Crippen molar-refractivity contribution in [2.75, 3.05) is 26.2 Å². The number of nitrogens with zero attached hydrogens (tertiary/aromatic N) is 3. The summed E-state index contributed by atoms with van der Waals surface area (Å²) in [5.74, 6) is -0.676. The van der Waals surface area contributed by atoms with E-state index in [1.807, 2.05) is 18.9 Å². The van der Waals surface area contributed by atoms with Crippen LogP contribution in [0.4, 0.5) is 9.18 Å². The first-order valence-electron chi connectivity index (χ1n) is 9.31. The minimum atomic E-state index is -0.517. The van der Waals surface area contributed by atoms with Gasteiger partial charge in [0.2, 0.25) is 0 Å².